The summed E-state index contributed by atoms with van der Waals surface area (Å²) >= 11 is 3.36. The Balaban J connectivity index is 2.02. The zero-order valence-corrected chi connectivity index (χ0v) is 11.7. The van der Waals surface area contributed by atoms with Crippen LogP contribution in [0.3, 0.4) is 0 Å². The highest BCUT2D eigenvalue weighted by Gasteiger charge is 2.18. The molecule has 0 aromatic heterocycles. The van der Waals surface area contributed by atoms with Gasteiger partial charge in [0.2, 0.25) is 5.91 Å². The van der Waals surface area contributed by atoms with Gasteiger partial charge in [-0.25, -0.2) is 0 Å². The topological polar surface area (TPSA) is 81.1 Å². The lowest BCUT2D eigenvalue weighted by Gasteiger charge is -2.27. The number of nitrogens with one attached hydrogen (secondary N) is 1. The van der Waals surface area contributed by atoms with Gasteiger partial charge in [0.25, 0.3) is 0 Å². The van der Waals surface area contributed by atoms with Crippen molar-refractivity contribution in [1.29, 1.82) is 0 Å². The van der Waals surface area contributed by atoms with E-state index in [9.17, 15) is 4.79 Å². The normalized spacial score (nSPS) is 23.7. The molecule has 0 unspecified atom stereocenters. The van der Waals surface area contributed by atoms with E-state index in [1.54, 1.807) is 6.07 Å². The first kappa shape index (κ1) is 13.4. The molecule has 0 heterocycles. The second-order valence-electron chi connectivity index (χ2n) is 4.81. The predicted molar refractivity (Wildman–Crippen MR) is 76.5 cm³/mol. The third-order valence-electron chi connectivity index (χ3n) is 3.38. The molecule has 1 aliphatic carbocycles. The van der Waals surface area contributed by atoms with Crippen LogP contribution in [0.15, 0.2) is 22.7 Å². The minimum absolute atomic E-state index is 0.354. The first-order valence-corrected chi connectivity index (χ1v) is 6.97. The lowest BCUT2D eigenvalue weighted by atomic mass is 9.91. The highest BCUT2D eigenvalue weighted by atomic mass is 79.9. The van der Waals surface area contributed by atoms with Gasteiger partial charge in [0.05, 0.1) is 5.56 Å². The zero-order chi connectivity index (χ0) is 13.1. The number of carbonyl (C=O) groups excluding carboxylic acids is 1. The average molecular weight is 312 g/mol. The number of amides is 1. The van der Waals surface area contributed by atoms with Crippen LogP contribution in [0.25, 0.3) is 0 Å². The molecule has 4 nitrogen and oxygen atoms in total. The van der Waals surface area contributed by atoms with Crippen molar-refractivity contribution in [3.63, 3.8) is 0 Å². The molecule has 1 aromatic carbocycles. The van der Waals surface area contributed by atoms with Gasteiger partial charge in [0.1, 0.15) is 0 Å². The Morgan fingerprint density at radius 2 is 1.94 bits per heavy atom. The molecule has 0 spiro atoms. The van der Waals surface area contributed by atoms with E-state index in [-0.39, 0.29) is 0 Å². The van der Waals surface area contributed by atoms with Gasteiger partial charge in [-0.2, -0.15) is 0 Å². The molecule has 1 aliphatic rings. The van der Waals surface area contributed by atoms with Crippen LogP contribution in [0.1, 0.15) is 36.0 Å². The molecule has 1 amide bonds. The average Bonchev–Trinajstić information content (AvgIpc) is 2.32. The number of halogens is 1. The van der Waals surface area contributed by atoms with Crippen LogP contribution in [0.5, 0.6) is 0 Å². The maximum atomic E-state index is 11.1. The molecule has 18 heavy (non-hydrogen) atoms. The lowest BCUT2D eigenvalue weighted by Crippen LogP contribution is -2.32. The summed E-state index contributed by atoms with van der Waals surface area (Å²) in [7, 11) is 0. The molecule has 0 aliphatic heterocycles. The number of primary amides is 1. The summed E-state index contributed by atoms with van der Waals surface area (Å²) in [6.45, 7) is 0. The number of carbonyl (C=O) groups is 1. The Morgan fingerprint density at radius 3 is 2.50 bits per heavy atom. The standard InChI is InChI=1S/C13H18BrN3O/c14-12-7-10(5-6-11(12)13(16)18)17-9-3-1-8(15)2-4-9/h5-9,17H,1-4,15H2,(H2,16,18). The third kappa shape index (κ3) is 3.23. The summed E-state index contributed by atoms with van der Waals surface area (Å²) in [6.07, 6.45) is 4.32. The fourth-order valence-electron chi connectivity index (χ4n) is 2.30. The Labute approximate surface area is 115 Å². The molecule has 0 atom stereocenters. The molecule has 5 N–H and O–H groups in total. The van der Waals surface area contributed by atoms with Crippen LogP contribution in [0.2, 0.25) is 0 Å². The van der Waals surface area contributed by atoms with E-state index in [1.165, 1.54) is 0 Å². The van der Waals surface area contributed by atoms with Gasteiger partial charge < -0.3 is 16.8 Å². The van der Waals surface area contributed by atoms with Crippen LogP contribution in [-0.2, 0) is 0 Å². The van der Waals surface area contributed by atoms with Crippen molar-refractivity contribution in [3.05, 3.63) is 28.2 Å². The van der Waals surface area contributed by atoms with Crippen molar-refractivity contribution in [2.24, 2.45) is 11.5 Å². The van der Waals surface area contributed by atoms with Crippen molar-refractivity contribution < 1.29 is 4.79 Å². The van der Waals surface area contributed by atoms with E-state index in [1.807, 2.05) is 12.1 Å². The molecular formula is C13H18BrN3O. The van der Waals surface area contributed by atoms with E-state index in [2.05, 4.69) is 21.2 Å². The van der Waals surface area contributed by atoms with Crippen molar-refractivity contribution in [2.75, 3.05) is 5.32 Å². The predicted octanol–water partition coefficient (Wildman–Crippen LogP) is 2.23. The van der Waals surface area contributed by atoms with E-state index in [0.29, 0.717) is 17.6 Å². The summed E-state index contributed by atoms with van der Waals surface area (Å²) in [6, 6.07) is 6.35. The molecule has 0 bridgehead atoms. The Bertz CT molecular complexity index is 442. The van der Waals surface area contributed by atoms with Gasteiger partial charge in [-0.3, -0.25) is 4.79 Å². The summed E-state index contributed by atoms with van der Waals surface area (Å²) in [5.41, 5.74) is 12.7. The Morgan fingerprint density at radius 1 is 1.28 bits per heavy atom. The van der Waals surface area contributed by atoms with Gasteiger partial charge in [-0.15, -0.1) is 0 Å². The smallest absolute Gasteiger partial charge is 0.249 e. The maximum Gasteiger partial charge on any atom is 0.249 e. The fourth-order valence-corrected chi connectivity index (χ4v) is 2.88. The Kier molecular flexibility index (Phi) is 4.24. The Hall–Kier alpha value is -1.07. The molecule has 98 valence electrons. The van der Waals surface area contributed by atoms with Crippen LogP contribution in [-0.4, -0.2) is 18.0 Å². The van der Waals surface area contributed by atoms with Crippen molar-refractivity contribution in [3.8, 4) is 0 Å². The van der Waals surface area contributed by atoms with Crippen LogP contribution < -0.4 is 16.8 Å². The van der Waals surface area contributed by atoms with E-state index in [0.717, 1.165) is 35.8 Å². The van der Waals surface area contributed by atoms with Gasteiger partial charge in [-0.05, 0) is 59.8 Å². The first-order valence-electron chi connectivity index (χ1n) is 6.17. The van der Waals surface area contributed by atoms with Crippen LogP contribution >= 0.6 is 15.9 Å². The maximum absolute atomic E-state index is 11.1. The van der Waals surface area contributed by atoms with E-state index >= 15 is 0 Å². The lowest BCUT2D eigenvalue weighted by molar-refractivity contribution is 0.0999. The highest BCUT2D eigenvalue weighted by Crippen LogP contribution is 2.25. The minimum Gasteiger partial charge on any atom is -0.382 e. The molecular weight excluding hydrogens is 294 g/mol. The largest absolute Gasteiger partial charge is 0.382 e. The third-order valence-corrected chi connectivity index (χ3v) is 4.03. The van der Waals surface area contributed by atoms with E-state index in [4.69, 9.17) is 11.5 Å². The van der Waals surface area contributed by atoms with Crippen LogP contribution in [0.4, 0.5) is 5.69 Å². The molecule has 5 heteroatoms. The molecule has 1 aromatic rings. The van der Waals surface area contributed by atoms with Crippen molar-refractivity contribution >= 4 is 27.5 Å². The van der Waals surface area contributed by atoms with Crippen molar-refractivity contribution in [2.45, 2.75) is 37.8 Å². The number of hydrogen-bond acceptors (Lipinski definition) is 3. The zero-order valence-electron chi connectivity index (χ0n) is 10.2. The van der Waals surface area contributed by atoms with Crippen LogP contribution in [0, 0.1) is 0 Å². The second-order valence-corrected chi connectivity index (χ2v) is 5.67. The summed E-state index contributed by atoms with van der Waals surface area (Å²) in [5, 5.41) is 3.47. The highest BCUT2D eigenvalue weighted by molar-refractivity contribution is 9.10. The number of hydrogen-bond donors (Lipinski definition) is 3. The van der Waals surface area contributed by atoms with Gasteiger partial charge in [0, 0.05) is 22.2 Å². The monoisotopic (exact) mass is 311 g/mol. The second kappa shape index (κ2) is 5.71. The van der Waals surface area contributed by atoms with Crippen molar-refractivity contribution in [1.82, 2.24) is 0 Å². The molecule has 1 fully saturated rings. The van der Waals surface area contributed by atoms with E-state index < -0.39 is 5.91 Å². The molecule has 1 saturated carbocycles. The SMILES string of the molecule is NC(=O)c1ccc(NC2CCC(N)CC2)cc1Br. The number of anilines is 1. The molecule has 2 rings (SSSR count). The fraction of sp³-hybridized carbons (Fsp3) is 0.462. The summed E-state index contributed by atoms with van der Waals surface area (Å²) in [5.74, 6) is -0.419. The van der Waals surface area contributed by atoms with Gasteiger partial charge in [0.15, 0.2) is 0 Å². The molecule has 0 saturated heterocycles. The summed E-state index contributed by atoms with van der Waals surface area (Å²) in [4.78, 5) is 11.1. The molecule has 0 radical (unpaired) electrons. The quantitative estimate of drug-likeness (QED) is 0.800. The van der Waals surface area contributed by atoms with Gasteiger partial charge in [-0.1, -0.05) is 0 Å². The van der Waals surface area contributed by atoms with Gasteiger partial charge >= 0.3 is 0 Å². The number of rotatable bonds is 3. The minimum atomic E-state index is -0.419. The summed E-state index contributed by atoms with van der Waals surface area (Å²) < 4.78 is 0.729. The first-order chi connectivity index (χ1) is 8.56. The number of nitrogens with two attached hydrogens (primary N) is 2. The number of benzene rings is 1.